The number of hydrogen-bond donors (Lipinski definition) is 1. The van der Waals surface area contributed by atoms with Gasteiger partial charge in [-0.2, -0.15) is 4.31 Å². The number of nitrogens with zero attached hydrogens (tertiary/aromatic N) is 1. The van der Waals surface area contributed by atoms with Gasteiger partial charge in [-0.1, -0.05) is 6.08 Å². The van der Waals surface area contributed by atoms with Crippen molar-refractivity contribution in [2.45, 2.75) is 31.7 Å². The molecule has 0 saturated heterocycles. The highest BCUT2D eigenvalue weighted by Crippen LogP contribution is 2.25. The molecule has 6 nitrogen and oxygen atoms in total. The molecule has 0 amide bonds. The van der Waals surface area contributed by atoms with Crippen LogP contribution >= 0.6 is 0 Å². The molecule has 0 spiro atoms. The molecule has 0 aliphatic rings. The molecule has 0 aliphatic heterocycles. The van der Waals surface area contributed by atoms with Crippen LogP contribution in [0.15, 0.2) is 28.0 Å². The Morgan fingerprint density at radius 1 is 1.58 bits per heavy atom. The average Bonchev–Trinajstić information content (AvgIpc) is 2.68. The SMILES string of the molecule is C=CCN(C(C)C)S(=O)(=O)c1cc(C(=O)O)oc1C. The van der Waals surface area contributed by atoms with E-state index in [4.69, 9.17) is 9.52 Å². The number of rotatable bonds is 6. The zero-order chi connectivity index (χ0) is 14.8. The van der Waals surface area contributed by atoms with Crippen LogP contribution < -0.4 is 0 Å². The Balaban J connectivity index is 3.33. The number of furan rings is 1. The summed E-state index contributed by atoms with van der Waals surface area (Å²) in [6.07, 6.45) is 1.48. The zero-order valence-electron chi connectivity index (χ0n) is 11.1. The highest BCUT2D eigenvalue weighted by Gasteiger charge is 2.30. The molecule has 1 heterocycles. The molecule has 0 atom stereocenters. The Hall–Kier alpha value is -1.60. The summed E-state index contributed by atoms with van der Waals surface area (Å²) in [5.74, 6) is -1.63. The number of carbonyl (C=O) groups is 1. The molecular weight excluding hydrogens is 270 g/mol. The van der Waals surface area contributed by atoms with Gasteiger partial charge in [-0.25, -0.2) is 13.2 Å². The van der Waals surface area contributed by atoms with E-state index in [0.29, 0.717) is 0 Å². The van der Waals surface area contributed by atoms with Gasteiger partial charge in [0.05, 0.1) is 0 Å². The molecule has 0 unspecified atom stereocenters. The van der Waals surface area contributed by atoms with Crippen LogP contribution in [0.2, 0.25) is 0 Å². The van der Waals surface area contributed by atoms with Gasteiger partial charge in [-0.15, -0.1) is 6.58 Å². The molecule has 1 aromatic rings. The quantitative estimate of drug-likeness (QED) is 0.807. The topological polar surface area (TPSA) is 87.8 Å². The molecule has 0 bridgehead atoms. The summed E-state index contributed by atoms with van der Waals surface area (Å²) in [6.45, 7) is 8.55. The van der Waals surface area contributed by atoms with Crippen LogP contribution in [0.1, 0.15) is 30.2 Å². The van der Waals surface area contributed by atoms with Crippen LogP contribution in [0.3, 0.4) is 0 Å². The second-order valence-electron chi connectivity index (χ2n) is 4.29. The Morgan fingerprint density at radius 3 is 2.53 bits per heavy atom. The van der Waals surface area contributed by atoms with Crippen LogP contribution in [0.25, 0.3) is 0 Å². The van der Waals surface area contributed by atoms with Crippen molar-refractivity contribution in [3.05, 3.63) is 30.2 Å². The lowest BCUT2D eigenvalue weighted by Crippen LogP contribution is -2.37. The first-order chi connectivity index (χ1) is 8.71. The van der Waals surface area contributed by atoms with Gasteiger partial charge in [0.2, 0.25) is 15.8 Å². The molecule has 0 saturated carbocycles. The minimum absolute atomic E-state index is 0.0621. The van der Waals surface area contributed by atoms with Crippen LogP contribution in [0.5, 0.6) is 0 Å². The summed E-state index contributed by atoms with van der Waals surface area (Å²) in [5.41, 5.74) is 0. The summed E-state index contributed by atoms with van der Waals surface area (Å²) in [6, 6.07) is 0.761. The normalized spacial score (nSPS) is 12.1. The van der Waals surface area contributed by atoms with Crippen molar-refractivity contribution in [1.82, 2.24) is 4.31 Å². The molecule has 1 aromatic heterocycles. The third-order valence-corrected chi connectivity index (χ3v) is 4.70. The Morgan fingerprint density at radius 2 is 2.16 bits per heavy atom. The van der Waals surface area contributed by atoms with E-state index in [9.17, 15) is 13.2 Å². The summed E-state index contributed by atoms with van der Waals surface area (Å²) in [7, 11) is -3.80. The fraction of sp³-hybridized carbons (Fsp3) is 0.417. The number of carboxylic acids is 1. The van der Waals surface area contributed by atoms with Crippen LogP contribution in [-0.4, -0.2) is 36.4 Å². The molecule has 1 N–H and O–H groups in total. The molecule has 19 heavy (non-hydrogen) atoms. The van der Waals surface area contributed by atoms with E-state index in [-0.39, 0.29) is 23.2 Å². The molecule has 7 heteroatoms. The van der Waals surface area contributed by atoms with Gasteiger partial charge in [-0.3, -0.25) is 0 Å². The Labute approximate surface area is 112 Å². The van der Waals surface area contributed by atoms with Crippen molar-refractivity contribution < 1.29 is 22.7 Å². The van der Waals surface area contributed by atoms with E-state index >= 15 is 0 Å². The fourth-order valence-electron chi connectivity index (χ4n) is 1.67. The van der Waals surface area contributed by atoms with E-state index in [1.165, 1.54) is 17.3 Å². The average molecular weight is 287 g/mol. The number of hydrogen-bond acceptors (Lipinski definition) is 4. The minimum atomic E-state index is -3.80. The highest BCUT2D eigenvalue weighted by atomic mass is 32.2. The van der Waals surface area contributed by atoms with Gasteiger partial charge >= 0.3 is 5.97 Å². The first-order valence-corrected chi connectivity index (χ1v) is 7.12. The summed E-state index contributed by atoms with van der Waals surface area (Å²) in [4.78, 5) is 10.7. The predicted octanol–water partition coefficient (Wildman–Crippen LogP) is 1.87. The van der Waals surface area contributed by atoms with Crippen molar-refractivity contribution in [2.24, 2.45) is 0 Å². The maximum absolute atomic E-state index is 12.4. The lowest BCUT2D eigenvalue weighted by molar-refractivity contribution is 0.0661. The maximum Gasteiger partial charge on any atom is 0.371 e. The van der Waals surface area contributed by atoms with E-state index in [1.807, 2.05) is 0 Å². The lowest BCUT2D eigenvalue weighted by Gasteiger charge is -2.23. The van der Waals surface area contributed by atoms with Gasteiger partial charge < -0.3 is 9.52 Å². The first-order valence-electron chi connectivity index (χ1n) is 5.68. The van der Waals surface area contributed by atoms with Crippen molar-refractivity contribution in [3.8, 4) is 0 Å². The van der Waals surface area contributed by atoms with Crippen molar-refractivity contribution in [1.29, 1.82) is 0 Å². The van der Waals surface area contributed by atoms with E-state index in [1.54, 1.807) is 13.8 Å². The second kappa shape index (κ2) is 5.58. The molecule has 1 rings (SSSR count). The molecule has 0 fully saturated rings. The Bertz CT molecular complexity index is 585. The first kappa shape index (κ1) is 15.5. The highest BCUT2D eigenvalue weighted by molar-refractivity contribution is 7.89. The maximum atomic E-state index is 12.4. The third kappa shape index (κ3) is 3.05. The lowest BCUT2D eigenvalue weighted by atomic mass is 10.4. The standard InChI is InChI=1S/C12H17NO5S/c1-5-6-13(8(2)3)19(16,17)11-7-10(12(14)15)18-9(11)4/h5,7-8H,1,6H2,2-4H3,(H,14,15). The molecule has 0 aliphatic carbocycles. The van der Waals surface area contributed by atoms with Crippen LogP contribution in [0, 0.1) is 6.92 Å². The third-order valence-electron chi connectivity index (χ3n) is 2.55. The predicted molar refractivity (Wildman–Crippen MR) is 69.6 cm³/mol. The van der Waals surface area contributed by atoms with Crippen molar-refractivity contribution in [2.75, 3.05) is 6.54 Å². The number of sulfonamides is 1. The van der Waals surface area contributed by atoms with E-state index in [0.717, 1.165) is 6.07 Å². The van der Waals surface area contributed by atoms with E-state index in [2.05, 4.69) is 6.58 Å². The summed E-state index contributed by atoms with van der Waals surface area (Å²) in [5, 5.41) is 8.82. The minimum Gasteiger partial charge on any atom is -0.475 e. The van der Waals surface area contributed by atoms with Crippen molar-refractivity contribution >= 4 is 16.0 Å². The smallest absolute Gasteiger partial charge is 0.371 e. The van der Waals surface area contributed by atoms with Gasteiger partial charge in [-0.05, 0) is 20.8 Å². The largest absolute Gasteiger partial charge is 0.475 e. The number of aromatic carboxylic acids is 1. The number of aryl methyl sites for hydroxylation is 1. The summed E-state index contributed by atoms with van der Waals surface area (Å²) < 4.78 is 31.1. The van der Waals surface area contributed by atoms with Gasteiger partial charge in [0.25, 0.3) is 0 Å². The van der Waals surface area contributed by atoms with Crippen molar-refractivity contribution in [3.63, 3.8) is 0 Å². The fourth-order valence-corrected chi connectivity index (χ4v) is 3.44. The molecule has 0 aromatic carbocycles. The number of carboxylic acid groups (broad SMARTS) is 1. The van der Waals surface area contributed by atoms with Gasteiger partial charge in [0, 0.05) is 18.7 Å². The second-order valence-corrected chi connectivity index (χ2v) is 6.15. The Kier molecular flexibility index (Phi) is 4.54. The molecule has 0 radical (unpaired) electrons. The summed E-state index contributed by atoms with van der Waals surface area (Å²) >= 11 is 0. The monoisotopic (exact) mass is 287 g/mol. The van der Waals surface area contributed by atoms with Crippen LogP contribution in [0.4, 0.5) is 0 Å². The molecule has 106 valence electrons. The van der Waals surface area contributed by atoms with Gasteiger partial charge in [0.15, 0.2) is 0 Å². The molecular formula is C12H17NO5S. The zero-order valence-corrected chi connectivity index (χ0v) is 11.9. The van der Waals surface area contributed by atoms with Gasteiger partial charge in [0.1, 0.15) is 10.7 Å². The van der Waals surface area contributed by atoms with Crippen LogP contribution in [-0.2, 0) is 10.0 Å². The van der Waals surface area contributed by atoms with E-state index < -0.39 is 21.8 Å².